The molecular weight excluding hydrogens is 426 g/mol. The molecule has 8 heteroatoms. The van der Waals surface area contributed by atoms with Gasteiger partial charge in [-0.1, -0.05) is 48.5 Å². The van der Waals surface area contributed by atoms with E-state index < -0.39 is 24.6 Å². The third kappa shape index (κ3) is 3.71. The smallest absolute Gasteiger partial charge is 0.351 e. The topological polar surface area (TPSA) is 108 Å². The van der Waals surface area contributed by atoms with Crippen LogP contribution in [0.3, 0.4) is 0 Å². The summed E-state index contributed by atoms with van der Waals surface area (Å²) >= 11 is 0. The molecule has 1 heterocycles. The highest BCUT2D eigenvalue weighted by Crippen LogP contribution is 2.32. The SMILES string of the molecule is O=C(COC(=O)C1COc2ccccc2O1)Nc1cccc2c1C(=O)c1ccccc1C2=O. The lowest BCUT2D eigenvalue weighted by Crippen LogP contribution is -2.39. The van der Waals surface area contributed by atoms with Gasteiger partial charge < -0.3 is 19.5 Å². The maximum Gasteiger partial charge on any atom is 0.351 e. The quantitative estimate of drug-likeness (QED) is 0.483. The fourth-order valence-corrected chi connectivity index (χ4v) is 3.80. The molecule has 3 aromatic carbocycles. The largest absolute Gasteiger partial charge is 0.485 e. The maximum atomic E-state index is 13.0. The Morgan fingerprint density at radius 3 is 2.30 bits per heavy atom. The monoisotopic (exact) mass is 443 g/mol. The first-order valence-corrected chi connectivity index (χ1v) is 10.2. The van der Waals surface area contributed by atoms with E-state index in [2.05, 4.69) is 5.32 Å². The summed E-state index contributed by atoms with van der Waals surface area (Å²) in [5.41, 5.74) is 1.09. The van der Waals surface area contributed by atoms with E-state index in [1.54, 1.807) is 60.7 Å². The number of esters is 1. The van der Waals surface area contributed by atoms with Crippen molar-refractivity contribution in [3.8, 4) is 11.5 Å². The Bertz CT molecular complexity index is 1310. The molecule has 0 saturated heterocycles. The minimum atomic E-state index is -1.01. The van der Waals surface area contributed by atoms with E-state index in [-0.39, 0.29) is 40.6 Å². The van der Waals surface area contributed by atoms with Gasteiger partial charge in [0.2, 0.25) is 6.10 Å². The average molecular weight is 443 g/mol. The number of carbonyl (C=O) groups excluding carboxylic acids is 4. The summed E-state index contributed by atoms with van der Waals surface area (Å²) < 4.78 is 16.1. The first kappa shape index (κ1) is 20.4. The summed E-state index contributed by atoms with van der Waals surface area (Å²) in [7, 11) is 0. The number of ether oxygens (including phenoxy) is 3. The molecule has 3 aromatic rings. The Morgan fingerprint density at radius 1 is 0.848 bits per heavy atom. The minimum Gasteiger partial charge on any atom is -0.485 e. The van der Waals surface area contributed by atoms with Crippen LogP contribution in [0.1, 0.15) is 31.8 Å². The first-order chi connectivity index (χ1) is 16.0. The molecule has 0 aromatic heterocycles. The normalized spacial score (nSPS) is 15.8. The van der Waals surface area contributed by atoms with E-state index in [0.29, 0.717) is 17.1 Å². The predicted octanol–water partition coefficient (Wildman–Crippen LogP) is 2.78. The van der Waals surface area contributed by atoms with Crippen molar-refractivity contribution in [1.29, 1.82) is 0 Å². The van der Waals surface area contributed by atoms with Crippen molar-refractivity contribution in [3.05, 3.63) is 89.0 Å². The number of para-hydroxylation sites is 2. The summed E-state index contributed by atoms with van der Waals surface area (Å²) in [6.45, 7) is -0.636. The third-order valence-corrected chi connectivity index (χ3v) is 5.34. The highest BCUT2D eigenvalue weighted by molar-refractivity contribution is 6.30. The zero-order chi connectivity index (χ0) is 22.9. The van der Waals surface area contributed by atoms with Gasteiger partial charge in [0.1, 0.15) is 6.61 Å². The molecule has 1 aliphatic heterocycles. The van der Waals surface area contributed by atoms with E-state index >= 15 is 0 Å². The lowest BCUT2D eigenvalue weighted by molar-refractivity contribution is -0.156. The van der Waals surface area contributed by atoms with Gasteiger partial charge in [-0.2, -0.15) is 0 Å². The van der Waals surface area contributed by atoms with Crippen LogP contribution in [0.2, 0.25) is 0 Å². The molecule has 33 heavy (non-hydrogen) atoms. The van der Waals surface area contributed by atoms with Crippen LogP contribution in [0.4, 0.5) is 5.69 Å². The molecule has 0 bridgehead atoms. The lowest BCUT2D eigenvalue weighted by Gasteiger charge is -2.24. The van der Waals surface area contributed by atoms with E-state index in [4.69, 9.17) is 14.2 Å². The number of hydrogen-bond donors (Lipinski definition) is 1. The van der Waals surface area contributed by atoms with Crippen LogP contribution in [0.15, 0.2) is 66.7 Å². The molecule has 8 nitrogen and oxygen atoms in total. The molecule has 1 atom stereocenters. The molecule has 5 rings (SSSR count). The Morgan fingerprint density at radius 2 is 1.52 bits per heavy atom. The standard InChI is InChI=1S/C25H17NO7/c27-21(13-32-25(30)20-12-31-18-10-3-4-11-19(18)33-20)26-17-9-5-8-16-22(17)24(29)15-7-2-1-6-14(15)23(16)28/h1-11,20H,12-13H2,(H,26,27). The van der Waals surface area contributed by atoms with Crippen molar-refractivity contribution in [1.82, 2.24) is 0 Å². The van der Waals surface area contributed by atoms with Crippen LogP contribution in [0.5, 0.6) is 11.5 Å². The number of carbonyl (C=O) groups is 4. The second kappa shape index (κ2) is 8.23. The molecule has 0 saturated carbocycles. The number of hydrogen-bond acceptors (Lipinski definition) is 7. The van der Waals surface area contributed by atoms with Crippen molar-refractivity contribution >= 4 is 29.1 Å². The van der Waals surface area contributed by atoms with Crippen LogP contribution in [0, 0.1) is 0 Å². The fraction of sp³-hybridized carbons (Fsp3) is 0.120. The molecule has 0 radical (unpaired) electrons. The third-order valence-electron chi connectivity index (χ3n) is 5.34. The van der Waals surface area contributed by atoms with Gasteiger partial charge in [-0.25, -0.2) is 4.79 Å². The highest BCUT2D eigenvalue weighted by atomic mass is 16.6. The van der Waals surface area contributed by atoms with Gasteiger partial charge >= 0.3 is 5.97 Å². The number of anilines is 1. The van der Waals surface area contributed by atoms with Crippen LogP contribution < -0.4 is 14.8 Å². The fourth-order valence-electron chi connectivity index (χ4n) is 3.80. The molecule has 1 unspecified atom stereocenters. The first-order valence-electron chi connectivity index (χ1n) is 10.2. The number of benzene rings is 3. The molecule has 0 spiro atoms. The van der Waals surface area contributed by atoms with Crippen molar-refractivity contribution in [3.63, 3.8) is 0 Å². The summed E-state index contributed by atoms with van der Waals surface area (Å²) in [5, 5.41) is 2.56. The van der Waals surface area contributed by atoms with Gasteiger partial charge in [0, 0.05) is 16.7 Å². The maximum absolute atomic E-state index is 13.0. The highest BCUT2D eigenvalue weighted by Gasteiger charge is 2.32. The average Bonchev–Trinajstić information content (AvgIpc) is 2.85. The van der Waals surface area contributed by atoms with Gasteiger partial charge in [0.25, 0.3) is 5.91 Å². The Labute approximate surface area is 188 Å². The molecule has 164 valence electrons. The van der Waals surface area contributed by atoms with Gasteiger partial charge in [-0.3, -0.25) is 14.4 Å². The molecule has 1 aliphatic carbocycles. The van der Waals surface area contributed by atoms with Crippen LogP contribution in [0.25, 0.3) is 0 Å². The molecule has 1 amide bonds. The van der Waals surface area contributed by atoms with E-state index in [0.717, 1.165) is 0 Å². The van der Waals surface area contributed by atoms with Crippen molar-refractivity contribution in [2.24, 2.45) is 0 Å². The number of fused-ring (bicyclic) bond motifs is 3. The van der Waals surface area contributed by atoms with Crippen LogP contribution in [-0.2, 0) is 14.3 Å². The van der Waals surface area contributed by atoms with Crippen molar-refractivity contribution in [2.75, 3.05) is 18.5 Å². The van der Waals surface area contributed by atoms with Gasteiger partial charge in [0.05, 0.1) is 11.3 Å². The molecule has 1 N–H and O–H groups in total. The van der Waals surface area contributed by atoms with Gasteiger partial charge in [0.15, 0.2) is 29.7 Å². The second-order valence-electron chi connectivity index (χ2n) is 7.45. The zero-order valence-electron chi connectivity index (χ0n) is 17.2. The molecular formula is C25H17NO7. The second-order valence-corrected chi connectivity index (χ2v) is 7.45. The lowest BCUT2D eigenvalue weighted by atomic mass is 9.83. The van der Waals surface area contributed by atoms with E-state index in [1.165, 1.54) is 6.07 Å². The van der Waals surface area contributed by atoms with Crippen LogP contribution >= 0.6 is 0 Å². The zero-order valence-corrected chi connectivity index (χ0v) is 17.2. The van der Waals surface area contributed by atoms with E-state index in [9.17, 15) is 19.2 Å². The predicted molar refractivity (Wildman–Crippen MR) is 116 cm³/mol. The molecule has 0 fully saturated rings. The van der Waals surface area contributed by atoms with Gasteiger partial charge in [-0.05, 0) is 18.2 Å². The number of ketones is 2. The van der Waals surface area contributed by atoms with Crippen LogP contribution in [-0.4, -0.2) is 42.8 Å². The summed E-state index contributed by atoms with van der Waals surface area (Å²) in [4.78, 5) is 50.6. The summed E-state index contributed by atoms with van der Waals surface area (Å²) in [6.07, 6.45) is -1.01. The molecule has 2 aliphatic rings. The Kier molecular flexibility index (Phi) is 5.10. The Balaban J connectivity index is 1.26. The number of nitrogens with one attached hydrogen (secondary N) is 1. The number of rotatable bonds is 4. The minimum absolute atomic E-state index is 0.0420. The van der Waals surface area contributed by atoms with E-state index in [1.807, 2.05) is 0 Å². The van der Waals surface area contributed by atoms with Crippen molar-refractivity contribution < 1.29 is 33.4 Å². The summed E-state index contributed by atoms with van der Waals surface area (Å²) in [5.74, 6) is -1.14. The summed E-state index contributed by atoms with van der Waals surface area (Å²) in [6, 6.07) is 18.1. The van der Waals surface area contributed by atoms with Crippen molar-refractivity contribution in [2.45, 2.75) is 6.10 Å². The Hall–Kier alpha value is -4.46. The number of amides is 1. The van der Waals surface area contributed by atoms with Gasteiger partial charge in [-0.15, -0.1) is 0 Å².